The minimum atomic E-state index is -0.140. The van der Waals surface area contributed by atoms with Gasteiger partial charge in [0.2, 0.25) is 5.88 Å². The molecular formula is C19H19N3O2. The Morgan fingerprint density at radius 3 is 2.71 bits per heavy atom. The van der Waals surface area contributed by atoms with Crippen molar-refractivity contribution in [1.82, 2.24) is 15.3 Å². The van der Waals surface area contributed by atoms with E-state index in [1.807, 2.05) is 44.2 Å². The number of aryl methyl sites for hydroxylation is 2. The Labute approximate surface area is 140 Å². The highest BCUT2D eigenvalue weighted by Crippen LogP contribution is 2.18. The monoisotopic (exact) mass is 321 g/mol. The number of hydrogen-bond acceptors (Lipinski definition) is 4. The number of carbonyl (C=O) groups excluding carboxylic acids is 1. The van der Waals surface area contributed by atoms with E-state index < -0.39 is 0 Å². The van der Waals surface area contributed by atoms with Gasteiger partial charge in [0.15, 0.2) is 0 Å². The predicted molar refractivity (Wildman–Crippen MR) is 93.2 cm³/mol. The minimum absolute atomic E-state index is 0.140. The fraction of sp³-hybridized carbons (Fsp3) is 0.211. The molecule has 3 aromatic rings. The van der Waals surface area contributed by atoms with E-state index in [9.17, 15) is 4.79 Å². The van der Waals surface area contributed by atoms with Crippen molar-refractivity contribution in [2.75, 3.05) is 7.11 Å². The molecule has 0 bridgehead atoms. The van der Waals surface area contributed by atoms with Gasteiger partial charge in [-0.05, 0) is 37.6 Å². The Balaban J connectivity index is 1.78. The molecule has 2 aromatic heterocycles. The summed E-state index contributed by atoms with van der Waals surface area (Å²) in [4.78, 5) is 21.2. The summed E-state index contributed by atoms with van der Waals surface area (Å²) < 4.78 is 5.02. The molecule has 0 aliphatic heterocycles. The lowest BCUT2D eigenvalue weighted by molar-refractivity contribution is 0.0950. The second-order valence-electron chi connectivity index (χ2n) is 5.71. The van der Waals surface area contributed by atoms with Gasteiger partial charge < -0.3 is 10.1 Å². The van der Waals surface area contributed by atoms with Gasteiger partial charge in [0.05, 0.1) is 23.9 Å². The SMILES string of the molecule is COc1ccc(CNC(=O)c2cc3cc(C)ccc3nc2C)cn1. The van der Waals surface area contributed by atoms with E-state index in [0.717, 1.165) is 27.7 Å². The van der Waals surface area contributed by atoms with Crippen LogP contribution in [0.2, 0.25) is 0 Å². The van der Waals surface area contributed by atoms with Crippen LogP contribution in [0.15, 0.2) is 42.6 Å². The number of nitrogens with one attached hydrogen (secondary N) is 1. The van der Waals surface area contributed by atoms with Gasteiger partial charge in [0.1, 0.15) is 0 Å². The van der Waals surface area contributed by atoms with Crippen LogP contribution in [0.4, 0.5) is 0 Å². The molecule has 1 aromatic carbocycles. The first-order valence-corrected chi connectivity index (χ1v) is 7.72. The number of amides is 1. The molecule has 0 atom stereocenters. The zero-order valence-corrected chi connectivity index (χ0v) is 14.0. The maximum atomic E-state index is 12.5. The van der Waals surface area contributed by atoms with E-state index in [1.165, 1.54) is 0 Å². The molecule has 24 heavy (non-hydrogen) atoms. The highest BCUT2D eigenvalue weighted by atomic mass is 16.5. The molecule has 5 nitrogen and oxygen atoms in total. The topological polar surface area (TPSA) is 64.1 Å². The van der Waals surface area contributed by atoms with Crippen molar-refractivity contribution < 1.29 is 9.53 Å². The summed E-state index contributed by atoms with van der Waals surface area (Å²) in [5.41, 5.74) is 4.26. The molecule has 1 N–H and O–H groups in total. The lowest BCUT2D eigenvalue weighted by Crippen LogP contribution is -2.24. The molecule has 0 saturated carbocycles. The van der Waals surface area contributed by atoms with Crippen LogP contribution in [-0.2, 0) is 6.54 Å². The maximum absolute atomic E-state index is 12.5. The van der Waals surface area contributed by atoms with Gasteiger partial charge in [-0.25, -0.2) is 4.98 Å². The van der Waals surface area contributed by atoms with E-state index in [2.05, 4.69) is 15.3 Å². The molecule has 3 rings (SSSR count). The largest absolute Gasteiger partial charge is 0.481 e. The molecule has 0 saturated heterocycles. The summed E-state index contributed by atoms with van der Waals surface area (Å²) in [6.45, 7) is 4.28. The van der Waals surface area contributed by atoms with Gasteiger partial charge in [-0.3, -0.25) is 9.78 Å². The average Bonchev–Trinajstić information content (AvgIpc) is 2.60. The van der Waals surface area contributed by atoms with Gasteiger partial charge in [0, 0.05) is 24.2 Å². The van der Waals surface area contributed by atoms with Crippen molar-refractivity contribution in [3.8, 4) is 5.88 Å². The summed E-state index contributed by atoms with van der Waals surface area (Å²) in [5, 5.41) is 3.88. The van der Waals surface area contributed by atoms with Crippen molar-refractivity contribution in [3.05, 3.63) is 65.0 Å². The molecule has 0 aliphatic carbocycles. The summed E-state index contributed by atoms with van der Waals surface area (Å²) in [5.74, 6) is 0.411. The van der Waals surface area contributed by atoms with Crippen LogP contribution < -0.4 is 10.1 Å². The first kappa shape index (κ1) is 15.9. The van der Waals surface area contributed by atoms with Crippen LogP contribution in [0, 0.1) is 13.8 Å². The van der Waals surface area contributed by atoms with Crippen molar-refractivity contribution in [1.29, 1.82) is 0 Å². The molecule has 2 heterocycles. The number of hydrogen-bond donors (Lipinski definition) is 1. The third-order valence-corrected chi connectivity index (χ3v) is 3.87. The molecule has 0 fully saturated rings. The first-order chi connectivity index (χ1) is 11.6. The molecule has 0 unspecified atom stereocenters. The molecule has 0 aliphatic rings. The van der Waals surface area contributed by atoms with Crippen LogP contribution in [0.25, 0.3) is 10.9 Å². The number of carbonyl (C=O) groups is 1. The van der Waals surface area contributed by atoms with E-state index in [1.54, 1.807) is 19.4 Å². The molecule has 0 radical (unpaired) electrons. The molecule has 0 spiro atoms. The summed E-state index contributed by atoms with van der Waals surface area (Å²) >= 11 is 0. The minimum Gasteiger partial charge on any atom is -0.481 e. The van der Waals surface area contributed by atoms with E-state index in [-0.39, 0.29) is 5.91 Å². The number of methoxy groups -OCH3 is 1. The normalized spacial score (nSPS) is 10.6. The van der Waals surface area contributed by atoms with Crippen molar-refractivity contribution in [2.45, 2.75) is 20.4 Å². The lowest BCUT2D eigenvalue weighted by Gasteiger charge is -2.09. The van der Waals surface area contributed by atoms with E-state index in [0.29, 0.717) is 18.0 Å². The third kappa shape index (κ3) is 3.35. The molecular weight excluding hydrogens is 302 g/mol. The van der Waals surface area contributed by atoms with Gasteiger partial charge in [0.25, 0.3) is 5.91 Å². The zero-order chi connectivity index (χ0) is 17.1. The van der Waals surface area contributed by atoms with Crippen LogP contribution in [0.5, 0.6) is 5.88 Å². The molecule has 5 heteroatoms. The lowest BCUT2D eigenvalue weighted by atomic mass is 10.1. The first-order valence-electron chi connectivity index (χ1n) is 7.72. The zero-order valence-electron chi connectivity index (χ0n) is 14.0. The smallest absolute Gasteiger partial charge is 0.253 e. The fourth-order valence-electron chi connectivity index (χ4n) is 2.54. The Bertz CT molecular complexity index is 889. The van der Waals surface area contributed by atoms with E-state index >= 15 is 0 Å². The molecule has 1 amide bonds. The standard InChI is InChI=1S/C19H19N3O2/c1-12-4-6-17-15(8-12)9-16(13(2)22-17)19(23)21-11-14-5-7-18(24-3)20-10-14/h4-10H,11H2,1-3H3,(H,21,23). The number of nitrogens with zero attached hydrogens (tertiary/aromatic N) is 2. The highest BCUT2D eigenvalue weighted by molar-refractivity contribution is 5.98. The van der Waals surface area contributed by atoms with Gasteiger partial charge >= 0.3 is 0 Å². The predicted octanol–water partition coefficient (Wildman–Crippen LogP) is 3.19. The number of benzene rings is 1. The summed E-state index contributed by atoms with van der Waals surface area (Å²) in [6.07, 6.45) is 1.69. The Morgan fingerprint density at radius 2 is 2.00 bits per heavy atom. The second-order valence-corrected chi connectivity index (χ2v) is 5.71. The summed E-state index contributed by atoms with van der Waals surface area (Å²) in [6, 6.07) is 11.6. The number of aromatic nitrogens is 2. The number of rotatable bonds is 4. The average molecular weight is 321 g/mol. The Kier molecular flexibility index (Phi) is 4.42. The van der Waals surface area contributed by atoms with Gasteiger partial charge in [-0.1, -0.05) is 17.7 Å². The summed E-state index contributed by atoms with van der Waals surface area (Å²) in [7, 11) is 1.57. The number of pyridine rings is 2. The van der Waals surface area contributed by atoms with Crippen molar-refractivity contribution in [2.24, 2.45) is 0 Å². The Hall–Kier alpha value is -2.95. The molecule has 122 valence electrons. The fourth-order valence-corrected chi connectivity index (χ4v) is 2.54. The third-order valence-electron chi connectivity index (χ3n) is 3.87. The van der Waals surface area contributed by atoms with Crippen molar-refractivity contribution >= 4 is 16.8 Å². The second kappa shape index (κ2) is 6.66. The van der Waals surface area contributed by atoms with Crippen molar-refractivity contribution in [3.63, 3.8) is 0 Å². The van der Waals surface area contributed by atoms with Crippen LogP contribution in [0.1, 0.15) is 27.2 Å². The Morgan fingerprint density at radius 1 is 1.17 bits per heavy atom. The van der Waals surface area contributed by atoms with Crippen LogP contribution in [-0.4, -0.2) is 23.0 Å². The van der Waals surface area contributed by atoms with E-state index in [4.69, 9.17) is 4.74 Å². The maximum Gasteiger partial charge on any atom is 0.253 e. The van der Waals surface area contributed by atoms with Crippen LogP contribution >= 0.6 is 0 Å². The van der Waals surface area contributed by atoms with Gasteiger partial charge in [-0.15, -0.1) is 0 Å². The van der Waals surface area contributed by atoms with Crippen LogP contribution in [0.3, 0.4) is 0 Å². The number of ether oxygens (including phenoxy) is 1. The number of fused-ring (bicyclic) bond motifs is 1. The van der Waals surface area contributed by atoms with Gasteiger partial charge in [-0.2, -0.15) is 0 Å². The quantitative estimate of drug-likeness (QED) is 0.801. The highest BCUT2D eigenvalue weighted by Gasteiger charge is 2.11.